The first-order chi connectivity index (χ1) is 11.0. The van der Waals surface area contributed by atoms with Crippen molar-refractivity contribution in [3.8, 4) is 0 Å². The molecule has 0 fully saturated rings. The summed E-state index contributed by atoms with van der Waals surface area (Å²) >= 11 is 12.0. The van der Waals surface area contributed by atoms with Gasteiger partial charge in [-0.25, -0.2) is 0 Å². The van der Waals surface area contributed by atoms with Crippen LogP contribution in [0.15, 0.2) is 49.0 Å². The predicted molar refractivity (Wildman–Crippen MR) is 94.3 cm³/mol. The van der Waals surface area contributed by atoms with Crippen molar-refractivity contribution < 1.29 is 4.79 Å². The van der Waals surface area contributed by atoms with Gasteiger partial charge >= 0.3 is 0 Å². The van der Waals surface area contributed by atoms with Gasteiger partial charge in [0.15, 0.2) is 0 Å². The molecule has 1 aliphatic heterocycles. The van der Waals surface area contributed by atoms with E-state index in [4.69, 9.17) is 23.2 Å². The number of nitrogens with zero attached hydrogens (tertiary/aromatic N) is 1. The maximum absolute atomic E-state index is 12.7. The highest BCUT2D eigenvalue weighted by Gasteiger charge is 2.34. The van der Waals surface area contributed by atoms with E-state index in [-0.39, 0.29) is 11.9 Å². The molecule has 0 aliphatic carbocycles. The monoisotopic (exact) mass is 346 g/mol. The fraction of sp³-hybridized carbons (Fsp3) is 0.167. The van der Waals surface area contributed by atoms with E-state index in [1.54, 1.807) is 12.1 Å². The molecule has 0 saturated heterocycles. The molecule has 23 heavy (non-hydrogen) atoms. The van der Waals surface area contributed by atoms with Gasteiger partial charge in [-0.05, 0) is 23.3 Å². The summed E-state index contributed by atoms with van der Waals surface area (Å²) in [5.41, 5.74) is 3.67. The molecule has 0 bridgehead atoms. The number of hydrogen-bond acceptors (Lipinski definition) is 2. The minimum Gasteiger partial charge on any atom is -0.359 e. The molecule has 2 aromatic rings. The molecule has 3 nitrogen and oxygen atoms in total. The number of rotatable bonds is 3. The predicted octanol–water partition coefficient (Wildman–Crippen LogP) is 4.27. The molecule has 1 aliphatic rings. The van der Waals surface area contributed by atoms with Gasteiger partial charge in [0.1, 0.15) is 6.04 Å². The summed E-state index contributed by atoms with van der Waals surface area (Å²) in [5.74, 6) is -0.0791. The van der Waals surface area contributed by atoms with Gasteiger partial charge in [0, 0.05) is 34.9 Å². The Kier molecular flexibility index (Phi) is 4.33. The van der Waals surface area contributed by atoms with Crippen LogP contribution in [-0.4, -0.2) is 17.9 Å². The highest BCUT2D eigenvalue weighted by Crippen LogP contribution is 2.39. The molecule has 1 heterocycles. The zero-order valence-corrected chi connectivity index (χ0v) is 14.2. The molecule has 1 amide bonds. The van der Waals surface area contributed by atoms with Crippen molar-refractivity contribution in [2.75, 3.05) is 7.05 Å². The number of halogens is 2. The lowest BCUT2D eigenvalue weighted by atomic mass is 10.0. The summed E-state index contributed by atoms with van der Waals surface area (Å²) < 4.78 is 0. The fourth-order valence-electron chi connectivity index (χ4n) is 2.81. The van der Waals surface area contributed by atoms with Crippen molar-refractivity contribution in [3.63, 3.8) is 0 Å². The van der Waals surface area contributed by atoms with Crippen LogP contribution in [0.2, 0.25) is 10.0 Å². The standard InChI is InChI=1S/C18H16Cl2N2O/c1-11-14-5-3-4-6-15(14)17(22(11)2)18(23)21-10-12-7-8-13(19)9-16(12)20/h3-9,17H,1,10H2,2H3,(H,21,23). The van der Waals surface area contributed by atoms with Crippen LogP contribution in [0.5, 0.6) is 0 Å². The van der Waals surface area contributed by atoms with Gasteiger partial charge in [-0.1, -0.05) is 60.1 Å². The van der Waals surface area contributed by atoms with Gasteiger partial charge in [-0.15, -0.1) is 0 Å². The van der Waals surface area contributed by atoms with Gasteiger partial charge in [-0.2, -0.15) is 0 Å². The Morgan fingerprint density at radius 1 is 1.26 bits per heavy atom. The molecule has 118 valence electrons. The van der Waals surface area contributed by atoms with Gasteiger partial charge in [0.2, 0.25) is 5.91 Å². The van der Waals surface area contributed by atoms with Crippen molar-refractivity contribution in [1.29, 1.82) is 0 Å². The Bertz CT molecular complexity index is 788. The lowest BCUT2D eigenvalue weighted by Gasteiger charge is -2.22. The SMILES string of the molecule is C=C1c2ccccc2C(C(=O)NCc2ccc(Cl)cc2Cl)N1C. The van der Waals surface area contributed by atoms with E-state index in [9.17, 15) is 4.79 Å². The van der Waals surface area contributed by atoms with Crippen LogP contribution in [0.25, 0.3) is 5.70 Å². The Labute approximate surface area is 145 Å². The summed E-state index contributed by atoms with van der Waals surface area (Å²) in [6.07, 6.45) is 0. The lowest BCUT2D eigenvalue weighted by molar-refractivity contribution is -0.125. The zero-order valence-electron chi connectivity index (χ0n) is 12.6. The lowest BCUT2D eigenvalue weighted by Crippen LogP contribution is -2.34. The highest BCUT2D eigenvalue weighted by molar-refractivity contribution is 6.35. The molecule has 1 N–H and O–H groups in total. The highest BCUT2D eigenvalue weighted by atomic mass is 35.5. The van der Waals surface area contributed by atoms with E-state index in [0.29, 0.717) is 16.6 Å². The number of fused-ring (bicyclic) bond motifs is 1. The Morgan fingerprint density at radius 3 is 2.74 bits per heavy atom. The first kappa shape index (κ1) is 15.9. The number of nitrogens with one attached hydrogen (secondary N) is 1. The summed E-state index contributed by atoms with van der Waals surface area (Å²) in [6.45, 7) is 4.42. The van der Waals surface area contributed by atoms with Crippen LogP contribution in [-0.2, 0) is 11.3 Å². The summed E-state index contributed by atoms with van der Waals surface area (Å²) in [6, 6.07) is 12.7. The molecule has 2 aromatic carbocycles. The first-order valence-corrected chi connectivity index (χ1v) is 7.97. The molecular weight excluding hydrogens is 331 g/mol. The van der Waals surface area contributed by atoms with E-state index in [0.717, 1.165) is 22.4 Å². The van der Waals surface area contributed by atoms with Gasteiger partial charge in [0.05, 0.1) is 0 Å². The Morgan fingerprint density at radius 2 is 2.00 bits per heavy atom. The smallest absolute Gasteiger partial charge is 0.247 e. The zero-order chi connectivity index (χ0) is 16.6. The van der Waals surface area contributed by atoms with E-state index < -0.39 is 0 Å². The third-order valence-electron chi connectivity index (χ3n) is 4.10. The normalized spacial score (nSPS) is 16.4. The van der Waals surface area contributed by atoms with E-state index in [1.165, 1.54) is 0 Å². The second-order valence-corrected chi connectivity index (χ2v) is 6.34. The quantitative estimate of drug-likeness (QED) is 0.900. The first-order valence-electron chi connectivity index (χ1n) is 7.21. The number of carbonyl (C=O) groups is 1. The average molecular weight is 347 g/mol. The fourth-order valence-corrected chi connectivity index (χ4v) is 3.29. The minimum absolute atomic E-state index is 0.0791. The van der Waals surface area contributed by atoms with E-state index in [1.807, 2.05) is 42.3 Å². The van der Waals surface area contributed by atoms with Crippen molar-refractivity contribution in [1.82, 2.24) is 10.2 Å². The van der Waals surface area contributed by atoms with Crippen molar-refractivity contribution in [2.24, 2.45) is 0 Å². The topological polar surface area (TPSA) is 32.3 Å². The molecule has 0 aromatic heterocycles. The summed E-state index contributed by atoms with van der Waals surface area (Å²) in [7, 11) is 1.88. The van der Waals surface area contributed by atoms with Crippen molar-refractivity contribution in [2.45, 2.75) is 12.6 Å². The molecule has 0 radical (unpaired) electrons. The minimum atomic E-state index is -0.371. The van der Waals surface area contributed by atoms with Gasteiger partial charge in [-0.3, -0.25) is 4.79 Å². The Balaban J connectivity index is 1.77. The molecular formula is C18H16Cl2N2O. The molecule has 0 saturated carbocycles. The van der Waals surface area contributed by atoms with Crippen LogP contribution < -0.4 is 5.32 Å². The number of benzene rings is 2. The number of hydrogen-bond donors (Lipinski definition) is 1. The Hall–Kier alpha value is -1.97. The van der Waals surface area contributed by atoms with Crippen LogP contribution in [0, 0.1) is 0 Å². The van der Waals surface area contributed by atoms with Crippen molar-refractivity contribution >= 4 is 34.8 Å². The third kappa shape index (κ3) is 2.94. The second-order valence-electron chi connectivity index (χ2n) is 5.50. The molecule has 1 atom stereocenters. The third-order valence-corrected chi connectivity index (χ3v) is 4.68. The van der Waals surface area contributed by atoms with Gasteiger partial charge < -0.3 is 10.2 Å². The molecule has 1 unspecified atom stereocenters. The van der Waals surface area contributed by atoms with Gasteiger partial charge in [0.25, 0.3) is 0 Å². The van der Waals surface area contributed by atoms with Crippen LogP contribution >= 0.6 is 23.2 Å². The van der Waals surface area contributed by atoms with Crippen LogP contribution in [0.1, 0.15) is 22.7 Å². The van der Waals surface area contributed by atoms with Crippen LogP contribution in [0.4, 0.5) is 0 Å². The maximum Gasteiger partial charge on any atom is 0.247 e. The van der Waals surface area contributed by atoms with E-state index >= 15 is 0 Å². The summed E-state index contributed by atoms with van der Waals surface area (Å²) in [5, 5.41) is 4.06. The number of amides is 1. The number of carbonyl (C=O) groups excluding carboxylic acids is 1. The molecule has 3 rings (SSSR count). The largest absolute Gasteiger partial charge is 0.359 e. The molecule has 0 spiro atoms. The van der Waals surface area contributed by atoms with E-state index in [2.05, 4.69) is 11.9 Å². The van der Waals surface area contributed by atoms with Crippen molar-refractivity contribution in [3.05, 3.63) is 75.8 Å². The average Bonchev–Trinajstić information content (AvgIpc) is 2.78. The second kappa shape index (κ2) is 6.26. The molecule has 5 heteroatoms. The number of likely N-dealkylation sites (N-methyl/N-ethyl adjacent to an activating group) is 1. The maximum atomic E-state index is 12.7. The summed E-state index contributed by atoms with van der Waals surface area (Å²) in [4.78, 5) is 14.5. The van der Waals surface area contributed by atoms with Crippen LogP contribution in [0.3, 0.4) is 0 Å².